The molecule has 0 radical (unpaired) electrons. The molecule has 1 aromatic rings. The summed E-state index contributed by atoms with van der Waals surface area (Å²) < 4.78 is 23.6. The number of unbranched alkanes of at least 4 members (excludes halogenated alkanes) is 2. The molecule has 0 heterocycles. The first-order valence-electron chi connectivity index (χ1n) is 7.85. The molecule has 0 unspecified atom stereocenters. The van der Waals surface area contributed by atoms with Crippen LogP contribution in [0.3, 0.4) is 0 Å². The van der Waals surface area contributed by atoms with Crippen molar-refractivity contribution in [2.45, 2.75) is 39.5 Å². The van der Waals surface area contributed by atoms with Crippen molar-refractivity contribution in [1.82, 2.24) is 0 Å². The van der Waals surface area contributed by atoms with Gasteiger partial charge in [-0.15, -0.1) is 0 Å². The first-order valence-corrected chi connectivity index (χ1v) is 9.46. The maximum atomic E-state index is 12.7. The van der Waals surface area contributed by atoms with Gasteiger partial charge in [0.2, 0.25) is 0 Å². The van der Waals surface area contributed by atoms with E-state index in [0.29, 0.717) is 13.2 Å². The van der Waals surface area contributed by atoms with Gasteiger partial charge >= 0.3 is 7.60 Å². The molecule has 0 aliphatic heterocycles. The lowest BCUT2D eigenvalue weighted by Gasteiger charge is -2.21. The molecule has 130 valence electrons. The molecule has 0 aliphatic carbocycles. The maximum absolute atomic E-state index is 12.7. The molecular weight excluding hydrogens is 317 g/mol. The third-order valence-corrected chi connectivity index (χ3v) is 4.70. The summed E-state index contributed by atoms with van der Waals surface area (Å²) in [7, 11) is -3.28. The van der Waals surface area contributed by atoms with Crippen molar-refractivity contribution in [1.29, 1.82) is 0 Å². The van der Waals surface area contributed by atoms with E-state index >= 15 is 0 Å². The minimum Gasteiger partial charge on any atom is -0.733 e. The molecule has 1 rings (SSSR count). The van der Waals surface area contributed by atoms with Gasteiger partial charge in [0.25, 0.3) is 0 Å². The van der Waals surface area contributed by atoms with Gasteiger partial charge in [-0.3, -0.25) is 9.77 Å². The molecule has 0 aliphatic rings. The van der Waals surface area contributed by atoms with E-state index in [9.17, 15) is 9.77 Å². The smallest absolute Gasteiger partial charge is 0.354 e. The molecule has 0 bridgehead atoms. The SMILES string of the molecule is CCCCOP(=O)(/C=C/c1ccc(N([O-])O)cc1)OCCCC. The van der Waals surface area contributed by atoms with Crippen LogP contribution < -0.4 is 5.23 Å². The number of hydrogen-bond acceptors (Lipinski definition) is 6. The molecule has 0 aromatic heterocycles. The standard InChI is InChI=1S/C16H25NO5P/c1-3-5-12-21-23(20,22-13-6-4-2)14-11-15-7-9-16(10-8-15)17(18)19/h7-11,14,18H,3-6,12-13H2,1-2H3/q-1/b14-11+. The molecule has 1 aromatic carbocycles. The van der Waals surface area contributed by atoms with Gasteiger partial charge in [-0.1, -0.05) is 38.8 Å². The molecule has 7 heteroatoms. The van der Waals surface area contributed by atoms with Crippen molar-refractivity contribution >= 4 is 19.4 Å². The van der Waals surface area contributed by atoms with Crippen LogP contribution in [-0.2, 0) is 13.6 Å². The number of nitrogens with zero attached hydrogens (tertiary/aromatic N) is 1. The van der Waals surface area contributed by atoms with Crippen molar-refractivity contribution in [3.63, 3.8) is 0 Å². The van der Waals surface area contributed by atoms with Crippen LogP contribution in [0.15, 0.2) is 30.1 Å². The van der Waals surface area contributed by atoms with Gasteiger partial charge in [-0.25, -0.2) is 0 Å². The van der Waals surface area contributed by atoms with Crippen molar-refractivity contribution in [2.24, 2.45) is 0 Å². The quantitative estimate of drug-likeness (QED) is 0.339. The van der Waals surface area contributed by atoms with Crippen molar-refractivity contribution in [3.8, 4) is 0 Å². The van der Waals surface area contributed by atoms with Crippen LogP contribution in [0.4, 0.5) is 5.69 Å². The van der Waals surface area contributed by atoms with Gasteiger partial charge < -0.3 is 19.5 Å². The van der Waals surface area contributed by atoms with E-state index in [1.54, 1.807) is 18.2 Å². The Morgan fingerprint density at radius 1 is 1.13 bits per heavy atom. The van der Waals surface area contributed by atoms with Gasteiger partial charge in [0.05, 0.1) is 18.9 Å². The Morgan fingerprint density at radius 3 is 2.09 bits per heavy atom. The highest BCUT2D eigenvalue weighted by Crippen LogP contribution is 2.50. The monoisotopic (exact) mass is 342 g/mol. The maximum Gasteiger partial charge on any atom is 0.354 e. The summed E-state index contributed by atoms with van der Waals surface area (Å²) in [6.45, 7) is 4.84. The predicted octanol–water partition coefficient (Wildman–Crippen LogP) is 5.18. The zero-order chi connectivity index (χ0) is 17.1. The van der Waals surface area contributed by atoms with E-state index in [2.05, 4.69) is 0 Å². The van der Waals surface area contributed by atoms with E-state index < -0.39 is 7.60 Å². The Bertz CT molecular complexity index is 502. The first-order chi connectivity index (χ1) is 11.0. The van der Waals surface area contributed by atoms with Crippen LogP contribution in [0.1, 0.15) is 45.1 Å². The summed E-state index contributed by atoms with van der Waals surface area (Å²) >= 11 is 0. The van der Waals surface area contributed by atoms with Crippen molar-refractivity contribution in [3.05, 3.63) is 40.9 Å². The fraction of sp³-hybridized carbons (Fsp3) is 0.500. The lowest BCUT2D eigenvalue weighted by atomic mass is 10.2. The molecule has 23 heavy (non-hydrogen) atoms. The molecule has 6 nitrogen and oxygen atoms in total. The summed E-state index contributed by atoms with van der Waals surface area (Å²) in [6.07, 6.45) is 5.17. The van der Waals surface area contributed by atoms with E-state index in [1.807, 2.05) is 13.8 Å². The predicted molar refractivity (Wildman–Crippen MR) is 92.4 cm³/mol. The highest BCUT2D eigenvalue weighted by molar-refractivity contribution is 7.57. The van der Waals surface area contributed by atoms with Gasteiger partial charge in [0.1, 0.15) is 0 Å². The van der Waals surface area contributed by atoms with Crippen molar-refractivity contribution in [2.75, 3.05) is 18.4 Å². The Kier molecular flexibility index (Phi) is 9.14. The fourth-order valence-electron chi connectivity index (χ4n) is 1.69. The van der Waals surface area contributed by atoms with E-state index in [0.717, 1.165) is 31.2 Å². The van der Waals surface area contributed by atoms with Crippen LogP contribution in [0.5, 0.6) is 0 Å². The van der Waals surface area contributed by atoms with Crippen molar-refractivity contribution < 1.29 is 18.8 Å². The summed E-state index contributed by atoms with van der Waals surface area (Å²) in [5.74, 6) is 1.45. The third-order valence-electron chi connectivity index (χ3n) is 3.10. The number of anilines is 1. The van der Waals surface area contributed by atoms with E-state index in [4.69, 9.17) is 14.3 Å². The second kappa shape index (κ2) is 10.6. The van der Waals surface area contributed by atoms with Crippen LogP contribution in [0.2, 0.25) is 0 Å². The zero-order valence-electron chi connectivity index (χ0n) is 13.7. The summed E-state index contributed by atoms with van der Waals surface area (Å²) in [5, 5.41) is 19.3. The normalized spacial score (nSPS) is 12.0. The lowest BCUT2D eigenvalue weighted by molar-refractivity contribution is 0.208. The second-order valence-electron chi connectivity index (χ2n) is 5.09. The second-order valence-corrected chi connectivity index (χ2v) is 6.99. The average molecular weight is 342 g/mol. The Balaban J connectivity index is 2.74. The zero-order valence-corrected chi connectivity index (χ0v) is 14.6. The fourth-order valence-corrected chi connectivity index (χ4v) is 3.05. The van der Waals surface area contributed by atoms with Crippen LogP contribution in [0.25, 0.3) is 6.08 Å². The number of rotatable bonds is 11. The van der Waals surface area contributed by atoms with Gasteiger partial charge in [0.15, 0.2) is 0 Å². The van der Waals surface area contributed by atoms with Crippen LogP contribution in [0, 0.1) is 5.21 Å². The molecule has 1 N–H and O–H groups in total. The van der Waals surface area contributed by atoms with Gasteiger partial charge in [-0.2, -0.15) is 0 Å². The number of benzene rings is 1. The molecular formula is C16H25NO5P-. The first kappa shape index (κ1) is 19.9. The molecule has 0 fully saturated rings. The Morgan fingerprint density at radius 2 is 1.65 bits per heavy atom. The summed E-state index contributed by atoms with van der Waals surface area (Å²) in [6, 6.07) is 6.20. The molecule has 0 atom stereocenters. The van der Waals surface area contributed by atoms with Crippen LogP contribution in [-0.4, -0.2) is 18.4 Å². The average Bonchev–Trinajstić information content (AvgIpc) is 2.54. The largest absolute Gasteiger partial charge is 0.733 e. The highest BCUT2D eigenvalue weighted by Gasteiger charge is 2.20. The summed E-state index contributed by atoms with van der Waals surface area (Å²) in [5.41, 5.74) is 0.859. The number of hydrogen-bond donors (Lipinski definition) is 1. The molecule has 0 saturated carbocycles. The Hall–Kier alpha value is -1.17. The Labute approximate surface area is 137 Å². The minimum atomic E-state index is -3.28. The van der Waals surface area contributed by atoms with E-state index in [-0.39, 0.29) is 10.9 Å². The molecule has 0 amide bonds. The van der Waals surface area contributed by atoms with Crippen LogP contribution >= 0.6 is 7.60 Å². The molecule has 0 spiro atoms. The highest BCUT2D eigenvalue weighted by atomic mass is 31.2. The topological polar surface area (TPSA) is 82.1 Å². The van der Waals surface area contributed by atoms with E-state index in [1.165, 1.54) is 17.9 Å². The third kappa shape index (κ3) is 7.77. The lowest BCUT2D eigenvalue weighted by Crippen LogP contribution is -2.06. The summed E-state index contributed by atoms with van der Waals surface area (Å²) in [4.78, 5) is 0. The minimum absolute atomic E-state index is 0.128. The van der Waals surface area contributed by atoms with Gasteiger partial charge in [-0.05, 0) is 36.6 Å². The molecule has 0 saturated heterocycles. The van der Waals surface area contributed by atoms with Gasteiger partial charge in [0, 0.05) is 5.82 Å².